The molecule has 1 atom stereocenters. The van der Waals surface area contributed by atoms with Gasteiger partial charge in [0.15, 0.2) is 0 Å². The van der Waals surface area contributed by atoms with Crippen LogP contribution in [0.4, 0.5) is 0 Å². The molecule has 1 aliphatic rings. The Morgan fingerprint density at radius 3 is 2.84 bits per heavy atom. The third-order valence-electron chi connectivity index (χ3n) is 5.26. The van der Waals surface area contributed by atoms with E-state index in [4.69, 9.17) is 4.74 Å². The fourth-order valence-electron chi connectivity index (χ4n) is 4.00. The van der Waals surface area contributed by atoms with Gasteiger partial charge in [-0.1, -0.05) is 42.8 Å². The fraction of sp³-hybridized carbons (Fsp3) is 0.318. The van der Waals surface area contributed by atoms with Crippen molar-refractivity contribution in [2.75, 3.05) is 13.7 Å². The summed E-state index contributed by atoms with van der Waals surface area (Å²) in [5.41, 5.74) is 2.61. The van der Waals surface area contributed by atoms with Crippen LogP contribution in [0.15, 0.2) is 60.9 Å². The van der Waals surface area contributed by atoms with Gasteiger partial charge < -0.3 is 4.74 Å². The summed E-state index contributed by atoms with van der Waals surface area (Å²) in [6.07, 6.45) is 7.60. The second-order valence-corrected chi connectivity index (χ2v) is 6.74. The maximum absolute atomic E-state index is 5.70. The highest BCUT2D eigenvalue weighted by atomic mass is 16.5. The second-order valence-electron chi connectivity index (χ2n) is 6.74. The number of hydrogen-bond acceptors (Lipinski definition) is 3. The normalized spacial score (nSPS) is 18.4. The molecule has 2 aromatic carbocycles. The molecular weight excluding hydrogens is 308 g/mol. The monoisotopic (exact) mass is 332 g/mol. The molecule has 25 heavy (non-hydrogen) atoms. The minimum atomic E-state index is 0.436. The smallest absolute Gasteiger partial charge is 0.123 e. The number of piperidine rings is 1. The number of benzene rings is 2. The van der Waals surface area contributed by atoms with Crippen molar-refractivity contribution in [2.24, 2.45) is 0 Å². The first-order valence-corrected chi connectivity index (χ1v) is 9.05. The summed E-state index contributed by atoms with van der Waals surface area (Å²) in [5, 5.41) is 2.56. The maximum atomic E-state index is 5.70. The van der Waals surface area contributed by atoms with Crippen molar-refractivity contribution in [2.45, 2.75) is 31.8 Å². The minimum absolute atomic E-state index is 0.436. The lowest BCUT2D eigenvalue weighted by atomic mass is 9.94. The van der Waals surface area contributed by atoms with E-state index in [9.17, 15) is 0 Å². The fourth-order valence-corrected chi connectivity index (χ4v) is 4.00. The van der Waals surface area contributed by atoms with Gasteiger partial charge in [-0.05, 0) is 47.9 Å². The quantitative estimate of drug-likeness (QED) is 0.674. The number of ether oxygens (including phenoxy) is 1. The molecule has 3 aromatic rings. The van der Waals surface area contributed by atoms with E-state index in [0.29, 0.717) is 6.04 Å². The molecule has 0 bridgehead atoms. The highest BCUT2D eigenvalue weighted by Gasteiger charge is 2.25. The largest absolute Gasteiger partial charge is 0.496 e. The van der Waals surface area contributed by atoms with E-state index in [1.165, 1.54) is 41.2 Å². The molecule has 0 N–H and O–H groups in total. The van der Waals surface area contributed by atoms with Crippen molar-refractivity contribution in [3.05, 3.63) is 72.1 Å². The molecule has 3 heteroatoms. The number of fused-ring (bicyclic) bond motifs is 1. The molecule has 0 aliphatic carbocycles. The van der Waals surface area contributed by atoms with Crippen molar-refractivity contribution in [3.63, 3.8) is 0 Å². The van der Waals surface area contributed by atoms with Crippen LogP contribution in [0.25, 0.3) is 10.8 Å². The minimum Gasteiger partial charge on any atom is -0.496 e. The standard InChI is InChI=1S/C22H24N2O/c1-25-22-12-11-17-7-2-3-9-19(17)20(22)16-24-14-5-4-10-21(24)18-8-6-13-23-15-18/h2-3,6-9,11-13,15,21H,4-5,10,14,16H2,1H3/t21-/m1/s1. The molecule has 0 unspecified atom stereocenters. The summed E-state index contributed by atoms with van der Waals surface area (Å²) in [6.45, 7) is 2.02. The van der Waals surface area contributed by atoms with Crippen molar-refractivity contribution in [3.8, 4) is 5.75 Å². The molecule has 0 radical (unpaired) electrons. The van der Waals surface area contributed by atoms with Crippen LogP contribution in [-0.4, -0.2) is 23.5 Å². The summed E-state index contributed by atoms with van der Waals surface area (Å²) < 4.78 is 5.70. The van der Waals surface area contributed by atoms with Gasteiger partial charge in [0.2, 0.25) is 0 Å². The summed E-state index contributed by atoms with van der Waals surface area (Å²) in [5.74, 6) is 0.981. The van der Waals surface area contributed by atoms with Crippen molar-refractivity contribution in [1.29, 1.82) is 0 Å². The number of rotatable bonds is 4. The molecule has 1 saturated heterocycles. The van der Waals surface area contributed by atoms with E-state index in [2.05, 4.69) is 52.3 Å². The van der Waals surface area contributed by atoms with Crippen LogP contribution in [0.3, 0.4) is 0 Å². The number of pyridine rings is 1. The van der Waals surface area contributed by atoms with Crippen LogP contribution >= 0.6 is 0 Å². The Bertz CT molecular complexity index is 847. The van der Waals surface area contributed by atoms with Gasteiger partial charge in [-0.15, -0.1) is 0 Å². The SMILES string of the molecule is COc1ccc2ccccc2c1CN1CCCC[C@@H]1c1cccnc1. The highest BCUT2D eigenvalue weighted by Crippen LogP contribution is 2.35. The molecule has 128 valence electrons. The zero-order valence-corrected chi connectivity index (χ0v) is 14.7. The molecule has 0 spiro atoms. The van der Waals surface area contributed by atoms with Crippen LogP contribution in [0.2, 0.25) is 0 Å². The van der Waals surface area contributed by atoms with Crippen molar-refractivity contribution >= 4 is 10.8 Å². The zero-order valence-electron chi connectivity index (χ0n) is 14.7. The van der Waals surface area contributed by atoms with Gasteiger partial charge in [0.05, 0.1) is 7.11 Å². The van der Waals surface area contributed by atoms with Gasteiger partial charge in [0.25, 0.3) is 0 Å². The van der Waals surface area contributed by atoms with Crippen LogP contribution in [0.1, 0.15) is 36.4 Å². The molecule has 1 aliphatic heterocycles. The second kappa shape index (κ2) is 7.24. The number of likely N-dealkylation sites (tertiary alicyclic amines) is 1. The van der Waals surface area contributed by atoms with Gasteiger partial charge >= 0.3 is 0 Å². The topological polar surface area (TPSA) is 25.4 Å². The third-order valence-corrected chi connectivity index (χ3v) is 5.26. The predicted octanol–water partition coefficient (Wildman–Crippen LogP) is 4.97. The number of methoxy groups -OCH3 is 1. The van der Waals surface area contributed by atoms with Gasteiger partial charge in [-0.25, -0.2) is 0 Å². The molecule has 1 aromatic heterocycles. The van der Waals surface area contributed by atoms with Crippen LogP contribution < -0.4 is 4.74 Å². The lowest BCUT2D eigenvalue weighted by molar-refractivity contribution is 0.139. The first-order valence-electron chi connectivity index (χ1n) is 9.05. The Morgan fingerprint density at radius 2 is 2.00 bits per heavy atom. The van der Waals surface area contributed by atoms with Crippen molar-refractivity contribution < 1.29 is 4.74 Å². The Kier molecular flexibility index (Phi) is 4.66. The molecular formula is C22H24N2O. The Labute approximate surface area is 149 Å². The summed E-state index contributed by atoms with van der Waals surface area (Å²) in [6, 6.07) is 17.5. The summed E-state index contributed by atoms with van der Waals surface area (Å²) in [4.78, 5) is 6.92. The Balaban J connectivity index is 1.71. The maximum Gasteiger partial charge on any atom is 0.123 e. The van der Waals surface area contributed by atoms with Gasteiger partial charge in [-0.2, -0.15) is 0 Å². The first-order chi connectivity index (χ1) is 12.4. The number of hydrogen-bond donors (Lipinski definition) is 0. The van der Waals surface area contributed by atoms with Crippen LogP contribution in [0.5, 0.6) is 5.75 Å². The molecule has 0 amide bonds. The van der Waals surface area contributed by atoms with E-state index >= 15 is 0 Å². The van der Waals surface area contributed by atoms with Gasteiger partial charge in [0, 0.05) is 30.5 Å². The third kappa shape index (κ3) is 3.24. The van der Waals surface area contributed by atoms with Crippen LogP contribution in [-0.2, 0) is 6.54 Å². The van der Waals surface area contributed by atoms with Gasteiger partial charge in [0.1, 0.15) is 5.75 Å². The van der Waals surface area contributed by atoms with E-state index in [1.807, 2.05) is 18.5 Å². The highest BCUT2D eigenvalue weighted by molar-refractivity contribution is 5.87. The lowest BCUT2D eigenvalue weighted by Crippen LogP contribution is -2.33. The summed E-state index contributed by atoms with van der Waals surface area (Å²) >= 11 is 0. The van der Waals surface area contributed by atoms with Gasteiger partial charge in [-0.3, -0.25) is 9.88 Å². The van der Waals surface area contributed by atoms with E-state index < -0.39 is 0 Å². The number of nitrogens with zero attached hydrogens (tertiary/aromatic N) is 2. The van der Waals surface area contributed by atoms with Crippen LogP contribution in [0, 0.1) is 0 Å². The predicted molar refractivity (Wildman–Crippen MR) is 102 cm³/mol. The Morgan fingerprint density at radius 1 is 1.08 bits per heavy atom. The zero-order chi connectivity index (χ0) is 17.1. The van der Waals surface area contributed by atoms with Crippen molar-refractivity contribution in [1.82, 2.24) is 9.88 Å². The molecule has 4 rings (SSSR count). The lowest BCUT2D eigenvalue weighted by Gasteiger charge is -2.36. The molecule has 1 fully saturated rings. The average Bonchev–Trinajstić information content (AvgIpc) is 2.69. The summed E-state index contributed by atoms with van der Waals surface area (Å²) in [7, 11) is 1.77. The number of aromatic nitrogens is 1. The van der Waals surface area contributed by atoms with E-state index in [1.54, 1.807) is 7.11 Å². The Hall–Kier alpha value is -2.39. The first kappa shape index (κ1) is 16.1. The van der Waals surface area contributed by atoms with E-state index in [0.717, 1.165) is 18.8 Å². The molecule has 3 nitrogen and oxygen atoms in total. The average molecular weight is 332 g/mol. The van der Waals surface area contributed by atoms with E-state index in [-0.39, 0.29) is 0 Å². The molecule has 2 heterocycles. The molecule has 0 saturated carbocycles.